The largest absolute Gasteiger partial charge is 0.495 e. The molecule has 0 radical (unpaired) electrons. The zero-order valence-corrected chi connectivity index (χ0v) is 12.6. The molecule has 0 aliphatic carbocycles. The molecule has 0 saturated heterocycles. The molecular weight excluding hydrogens is 324 g/mol. The highest BCUT2D eigenvalue weighted by atomic mass is 79.9. The van der Waals surface area contributed by atoms with Crippen LogP contribution in [-0.4, -0.2) is 12.0 Å². The van der Waals surface area contributed by atoms with E-state index in [2.05, 4.69) is 21.2 Å². The lowest BCUT2D eigenvalue weighted by Crippen LogP contribution is -1.99. The molecule has 5 nitrogen and oxygen atoms in total. The second kappa shape index (κ2) is 5.92. The molecule has 0 fully saturated rings. The van der Waals surface area contributed by atoms with E-state index in [4.69, 9.17) is 4.74 Å². The SMILES string of the molecule is COc1ccc(C)cc1Nc1ccc(Br)cc1[N+](=O)[O-]. The number of hydrogen-bond acceptors (Lipinski definition) is 4. The zero-order chi connectivity index (χ0) is 14.7. The minimum absolute atomic E-state index is 0.00272. The minimum atomic E-state index is -0.421. The summed E-state index contributed by atoms with van der Waals surface area (Å²) in [6.45, 7) is 1.95. The van der Waals surface area contributed by atoms with E-state index >= 15 is 0 Å². The number of aryl methyl sites for hydroxylation is 1. The predicted molar refractivity (Wildman–Crippen MR) is 81.8 cm³/mol. The van der Waals surface area contributed by atoms with E-state index in [0.717, 1.165) is 5.56 Å². The Kier molecular flexibility index (Phi) is 4.24. The second-order valence-electron chi connectivity index (χ2n) is 4.25. The predicted octanol–water partition coefficient (Wildman–Crippen LogP) is 4.42. The highest BCUT2D eigenvalue weighted by Crippen LogP contribution is 2.34. The summed E-state index contributed by atoms with van der Waals surface area (Å²) in [5.41, 5.74) is 2.15. The third-order valence-electron chi connectivity index (χ3n) is 2.78. The van der Waals surface area contributed by atoms with Gasteiger partial charge in [0.1, 0.15) is 11.4 Å². The minimum Gasteiger partial charge on any atom is -0.495 e. The third kappa shape index (κ3) is 3.08. The quantitative estimate of drug-likeness (QED) is 0.663. The van der Waals surface area contributed by atoms with E-state index in [-0.39, 0.29) is 5.69 Å². The molecule has 0 aliphatic heterocycles. The monoisotopic (exact) mass is 336 g/mol. The number of anilines is 2. The number of halogens is 1. The summed E-state index contributed by atoms with van der Waals surface area (Å²) in [5.74, 6) is 0.632. The topological polar surface area (TPSA) is 64.4 Å². The van der Waals surface area contributed by atoms with Crippen molar-refractivity contribution in [2.75, 3.05) is 12.4 Å². The molecule has 2 rings (SSSR count). The smallest absolute Gasteiger partial charge is 0.293 e. The van der Waals surface area contributed by atoms with Crippen molar-refractivity contribution in [3.05, 3.63) is 56.5 Å². The molecule has 1 N–H and O–H groups in total. The maximum absolute atomic E-state index is 11.1. The van der Waals surface area contributed by atoms with Gasteiger partial charge >= 0.3 is 0 Å². The van der Waals surface area contributed by atoms with Crippen LogP contribution in [0.1, 0.15) is 5.56 Å². The fourth-order valence-electron chi connectivity index (χ4n) is 1.83. The molecule has 0 atom stereocenters. The van der Waals surface area contributed by atoms with Crippen molar-refractivity contribution in [2.45, 2.75) is 6.92 Å². The molecule has 0 aromatic heterocycles. The number of rotatable bonds is 4. The van der Waals surface area contributed by atoms with Crippen molar-refractivity contribution >= 4 is 33.0 Å². The maximum atomic E-state index is 11.1. The lowest BCUT2D eigenvalue weighted by atomic mass is 10.2. The van der Waals surface area contributed by atoms with Crippen LogP contribution >= 0.6 is 15.9 Å². The molecule has 0 unspecified atom stereocenters. The fraction of sp³-hybridized carbons (Fsp3) is 0.143. The summed E-state index contributed by atoms with van der Waals surface area (Å²) in [4.78, 5) is 10.7. The summed E-state index contributed by atoms with van der Waals surface area (Å²) in [7, 11) is 1.56. The van der Waals surface area contributed by atoms with Crippen molar-refractivity contribution < 1.29 is 9.66 Å². The average Bonchev–Trinajstić information content (AvgIpc) is 2.41. The van der Waals surface area contributed by atoms with Crippen LogP contribution in [0.3, 0.4) is 0 Å². The van der Waals surface area contributed by atoms with Gasteiger partial charge < -0.3 is 10.1 Å². The Morgan fingerprint density at radius 1 is 1.20 bits per heavy atom. The summed E-state index contributed by atoms with van der Waals surface area (Å²) in [5, 5.41) is 14.2. The number of nitrogens with zero attached hydrogens (tertiary/aromatic N) is 1. The van der Waals surface area contributed by atoms with E-state index in [1.165, 1.54) is 6.07 Å². The molecule has 2 aromatic carbocycles. The number of nitro groups is 1. The first-order valence-corrected chi connectivity index (χ1v) is 6.66. The van der Waals surface area contributed by atoms with Gasteiger partial charge in [0.25, 0.3) is 5.69 Å². The molecule has 0 amide bonds. The van der Waals surface area contributed by atoms with Crippen LogP contribution in [0.4, 0.5) is 17.1 Å². The van der Waals surface area contributed by atoms with Crippen molar-refractivity contribution in [3.63, 3.8) is 0 Å². The summed E-state index contributed by atoms with van der Waals surface area (Å²) in [6, 6.07) is 10.5. The van der Waals surface area contributed by atoms with Crippen LogP contribution in [0.2, 0.25) is 0 Å². The normalized spacial score (nSPS) is 10.2. The molecule has 0 saturated carbocycles. The number of benzene rings is 2. The molecule has 0 heterocycles. The molecule has 0 aliphatic rings. The van der Waals surface area contributed by atoms with Gasteiger partial charge in [0.2, 0.25) is 0 Å². The molecule has 6 heteroatoms. The number of nitro benzene ring substituents is 1. The third-order valence-corrected chi connectivity index (χ3v) is 3.27. The average molecular weight is 337 g/mol. The van der Waals surface area contributed by atoms with E-state index in [9.17, 15) is 10.1 Å². The summed E-state index contributed by atoms with van der Waals surface area (Å²) < 4.78 is 5.91. The van der Waals surface area contributed by atoms with Gasteiger partial charge in [0.05, 0.1) is 17.7 Å². The van der Waals surface area contributed by atoms with Gasteiger partial charge in [-0.05, 0) is 36.8 Å². The Bertz CT molecular complexity index is 659. The number of methoxy groups -OCH3 is 1. The van der Waals surface area contributed by atoms with Gasteiger partial charge in [0.15, 0.2) is 0 Å². The van der Waals surface area contributed by atoms with Crippen LogP contribution in [-0.2, 0) is 0 Å². The maximum Gasteiger partial charge on any atom is 0.293 e. The molecular formula is C14H13BrN2O3. The summed E-state index contributed by atoms with van der Waals surface area (Å²) >= 11 is 3.23. The summed E-state index contributed by atoms with van der Waals surface area (Å²) in [6.07, 6.45) is 0. The van der Waals surface area contributed by atoms with Crippen molar-refractivity contribution in [1.29, 1.82) is 0 Å². The van der Waals surface area contributed by atoms with Crippen molar-refractivity contribution in [1.82, 2.24) is 0 Å². The van der Waals surface area contributed by atoms with E-state index in [0.29, 0.717) is 21.6 Å². The van der Waals surface area contributed by atoms with E-state index in [1.54, 1.807) is 19.2 Å². The Morgan fingerprint density at radius 3 is 2.60 bits per heavy atom. The molecule has 104 valence electrons. The Morgan fingerprint density at radius 2 is 1.95 bits per heavy atom. The lowest BCUT2D eigenvalue weighted by Gasteiger charge is -2.12. The lowest BCUT2D eigenvalue weighted by molar-refractivity contribution is -0.384. The Labute approximate surface area is 124 Å². The van der Waals surface area contributed by atoms with Crippen molar-refractivity contribution in [2.24, 2.45) is 0 Å². The standard InChI is InChI=1S/C14H13BrN2O3/c1-9-3-6-14(20-2)12(7-9)16-11-5-4-10(15)8-13(11)17(18)19/h3-8,16H,1-2H3. The zero-order valence-electron chi connectivity index (χ0n) is 11.0. The van der Waals surface area contributed by atoms with Crippen LogP contribution in [0.5, 0.6) is 5.75 Å². The van der Waals surface area contributed by atoms with Crippen LogP contribution < -0.4 is 10.1 Å². The Balaban J connectivity index is 2.44. The first-order chi connectivity index (χ1) is 9.51. The fourth-order valence-corrected chi connectivity index (χ4v) is 2.18. The van der Waals surface area contributed by atoms with E-state index < -0.39 is 4.92 Å². The van der Waals surface area contributed by atoms with Gasteiger partial charge in [-0.25, -0.2) is 0 Å². The van der Waals surface area contributed by atoms with Gasteiger partial charge in [-0.2, -0.15) is 0 Å². The van der Waals surface area contributed by atoms with Crippen LogP contribution in [0, 0.1) is 17.0 Å². The van der Waals surface area contributed by atoms with Crippen LogP contribution in [0.15, 0.2) is 40.9 Å². The molecule has 0 bridgehead atoms. The molecule has 0 spiro atoms. The number of hydrogen-bond donors (Lipinski definition) is 1. The van der Waals surface area contributed by atoms with Crippen LogP contribution in [0.25, 0.3) is 0 Å². The number of ether oxygens (including phenoxy) is 1. The Hall–Kier alpha value is -2.08. The van der Waals surface area contributed by atoms with Gasteiger partial charge in [-0.3, -0.25) is 10.1 Å². The highest BCUT2D eigenvalue weighted by molar-refractivity contribution is 9.10. The molecule has 2 aromatic rings. The second-order valence-corrected chi connectivity index (χ2v) is 5.16. The number of nitrogens with one attached hydrogen (secondary N) is 1. The highest BCUT2D eigenvalue weighted by Gasteiger charge is 2.15. The first-order valence-electron chi connectivity index (χ1n) is 5.87. The van der Waals surface area contributed by atoms with Gasteiger partial charge in [-0.15, -0.1) is 0 Å². The van der Waals surface area contributed by atoms with Crippen molar-refractivity contribution in [3.8, 4) is 5.75 Å². The molecule has 20 heavy (non-hydrogen) atoms. The van der Waals surface area contributed by atoms with E-state index in [1.807, 2.05) is 25.1 Å². The first kappa shape index (κ1) is 14.3. The van der Waals surface area contributed by atoms with Gasteiger partial charge in [-0.1, -0.05) is 22.0 Å². The van der Waals surface area contributed by atoms with Gasteiger partial charge in [0, 0.05) is 10.5 Å².